The first-order valence-electron chi connectivity index (χ1n) is 6.61. The average Bonchev–Trinajstić information content (AvgIpc) is 2.79. The third-order valence-corrected chi connectivity index (χ3v) is 3.41. The largest absolute Gasteiger partial charge is 0.497 e. The molecule has 0 spiro atoms. The molecule has 2 aromatic rings. The summed E-state index contributed by atoms with van der Waals surface area (Å²) in [5.74, 6) is 0.782. The van der Waals surface area contributed by atoms with Crippen LogP contribution in [0.2, 0.25) is 0 Å². The van der Waals surface area contributed by atoms with E-state index >= 15 is 0 Å². The first-order chi connectivity index (χ1) is 10.2. The summed E-state index contributed by atoms with van der Waals surface area (Å²) in [5, 5.41) is 6.13. The van der Waals surface area contributed by atoms with Gasteiger partial charge in [0.25, 0.3) is 5.56 Å². The number of ether oxygens (including phenoxy) is 1. The minimum Gasteiger partial charge on any atom is -0.497 e. The predicted molar refractivity (Wildman–Crippen MR) is 81.5 cm³/mol. The number of fused-ring (bicyclic) bond motifs is 1. The molecule has 3 rings (SSSR count). The second-order valence-electron chi connectivity index (χ2n) is 4.81. The van der Waals surface area contributed by atoms with E-state index in [1.54, 1.807) is 13.2 Å². The molecule has 1 unspecified atom stereocenters. The topological polar surface area (TPSA) is 89.3 Å². The van der Waals surface area contributed by atoms with Gasteiger partial charge in [-0.3, -0.25) is 10.5 Å². The van der Waals surface area contributed by atoms with E-state index in [1.807, 2.05) is 24.3 Å². The van der Waals surface area contributed by atoms with Crippen molar-refractivity contribution < 1.29 is 4.74 Å². The van der Waals surface area contributed by atoms with Crippen LogP contribution in [0, 0.1) is 0 Å². The van der Waals surface area contributed by atoms with Crippen molar-refractivity contribution in [1.82, 2.24) is 4.98 Å². The van der Waals surface area contributed by atoms with Crippen molar-refractivity contribution >= 4 is 11.4 Å². The van der Waals surface area contributed by atoms with Crippen LogP contribution >= 0.6 is 0 Å². The zero-order valence-electron chi connectivity index (χ0n) is 11.6. The van der Waals surface area contributed by atoms with Crippen LogP contribution < -0.4 is 26.7 Å². The fourth-order valence-corrected chi connectivity index (χ4v) is 2.37. The number of nitrogens with two attached hydrogens (primary N) is 1. The summed E-state index contributed by atoms with van der Waals surface area (Å²) in [7, 11) is 1.62. The lowest BCUT2D eigenvalue weighted by atomic mass is 10.1. The maximum Gasteiger partial charge on any atom is 0.275 e. The molecule has 0 radical (unpaired) electrons. The molecule has 0 aliphatic carbocycles. The number of benzene rings is 1. The van der Waals surface area contributed by atoms with Crippen molar-refractivity contribution in [1.29, 1.82) is 0 Å². The van der Waals surface area contributed by atoms with Crippen LogP contribution in [-0.2, 0) is 6.42 Å². The molecule has 1 aliphatic rings. The molecule has 1 aromatic heterocycles. The lowest BCUT2D eigenvalue weighted by Gasteiger charge is -2.06. The van der Waals surface area contributed by atoms with Crippen molar-refractivity contribution in [3.05, 3.63) is 58.0 Å². The number of rotatable bonds is 3. The Morgan fingerprint density at radius 2 is 2.00 bits per heavy atom. The van der Waals surface area contributed by atoms with Gasteiger partial charge in [-0.1, -0.05) is 12.1 Å². The van der Waals surface area contributed by atoms with Gasteiger partial charge in [0.1, 0.15) is 5.75 Å². The molecule has 2 heterocycles. The Bertz CT molecular complexity index is 716. The van der Waals surface area contributed by atoms with Crippen LogP contribution in [0.5, 0.6) is 5.75 Å². The van der Waals surface area contributed by atoms with E-state index in [0.29, 0.717) is 12.0 Å². The van der Waals surface area contributed by atoms with Gasteiger partial charge in [-0.05, 0) is 23.8 Å². The smallest absolute Gasteiger partial charge is 0.275 e. The van der Waals surface area contributed by atoms with E-state index in [9.17, 15) is 4.79 Å². The molecule has 0 amide bonds. The first-order valence-corrected chi connectivity index (χ1v) is 6.61. The highest BCUT2D eigenvalue weighted by molar-refractivity contribution is 5.76. The van der Waals surface area contributed by atoms with Crippen LogP contribution in [0.4, 0.5) is 11.4 Å². The highest BCUT2D eigenvalue weighted by Gasteiger charge is 2.20. The molecule has 1 aromatic carbocycles. The minimum absolute atomic E-state index is 0.254. The number of nitrogens with zero attached hydrogens (tertiary/aromatic N) is 1. The molecule has 6 heteroatoms. The second-order valence-corrected chi connectivity index (χ2v) is 4.81. The Hall–Kier alpha value is -2.60. The second kappa shape index (κ2) is 5.41. The van der Waals surface area contributed by atoms with E-state index in [4.69, 9.17) is 10.5 Å². The molecule has 21 heavy (non-hydrogen) atoms. The van der Waals surface area contributed by atoms with Gasteiger partial charge in [-0.2, -0.15) is 0 Å². The number of methoxy groups -OCH3 is 1. The fraction of sp³-hybridized carbons (Fsp3) is 0.200. The van der Waals surface area contributed by atoms with Crippen molar-refractivity contribution in [2.45, 2.75) is 12.7 Å². The monoisotopic (exact) mass is 284 g/mol. The van der Waals surface area contributed by atoms with Crippen LogP contribution in [0.3, 0.4) is 0 Å². The summed E-state index contributed by atoms with van der Waals surface area (Å²) in [6, 6.07) is 9.34. The highest BCUT2D eigenvalue weighted by atomic mass is 16.5. The van der Waals surface area contributed by atoms with Crippen LogP contribution in [0.25, 0.3) is 0 Å². The fourth-order valence-electron chi connectivity index (χ4n) is 2.37. The molecule has 1 aliphatic heterocycles. The summed E-state index contributed by atoms with van der Waals surface area (Å²) in [6.45, 7) is 0. The zero-order valence-corrected chi connectivity index (χ0v) is 11.6. The van der Waals surface area contributed by atoms with Gasteiger partial charge in [0.15, 0.2) is 6.29 Å². The first kappa shape index (κ1) is 13.4. The van der Waals surface area contributed by atoms with Gasteiger partial charge < -0.3 is 15.4 Å². The van der Waals surface area contributed by atoms with E-state index in [2.05, 4.69) is 15.6 Å². The van der Waals surface area contributed by atoms with Gasteiger partial charge in [-0.25, -0.2) is 4.98 Å². The van der Waals surface area contributed by atoms with E-state index in [0.717, 1.165) is 22.7 Å². The molecule has 1 atom stereocenters. The molecule has 0 fully saturated rings. The standard InChI is InChI=1S/C15H16N4O2/c1-21-10-4-2-9(3-5-10)8-11-13-12(18-15(16)19-13)6-7-17-14(11)20/h2-7,15,18-19H,8,16H2,1H3. The van der Waals surface area contributed by atoms with Gasteiger partial charge in [-0.15, -0.1) is 0 Å². The zero-order chi connectivity index (χ0) is 14.8. The van der Waals surface area contributed by atoms with Crippen LogP contribution in [0.15, 0.2) is 41.3 Å². The number of nitrogens with one attached hydrogen (secondary N) is 2. The Kier molecular flexibility index (Phi) is 3.45. The minimum atomic E-state index is -0.392. The number of hydrogen-bond acceptors (Lipinski definition) is 6. The van der Waals surface area contributed by atoms with Gasteiger partial charge in [0, 0.05) is 18.2 Å². The van der Waals surface area contributed by atoms with Crippen LogP contribution in [0.1, 0.15) is 11.1 Å². The Morgan fingerprint density at radius 3 is 2.71 bits per heavy atom. The molecular weight excluding hydrogens is 268 g/mol. The Morgan fingerprint density at radius 1 is 1.24 bits per heavy atom. The third kappa shape index (κ3) is 2.66. The number of hydrogen-bond donors (Lipinski definition) is 3. The van der Waals surface area contributed by atoms with Gasteiger partial charge in [0.05, 0.1) is 18.5 Å². The molecule has 6 nitrogen and oxygen atoms in total. The molecular formula is C15H16N4O2. The summed E-state index contributed by atoms with van der Waals surface area (Å²) < 4.78 is 5.13. The van der Waals surface area contributed by atoms with Crippen molar-refractivity contribution in [2.75, 3.05) is 17.7 Å². The summed E-state index contributed by atoms with van der Waals surface area (Å²) in [6.07, 6.45) is 1.58. The SMILES string of the molecule is COc1ccc(Cc2c3c(ccnc2=O)NC(N)N3)cc1. The maximum absolute atomic E-state index is 12.2. The van der Waals surface area contributed by atoms with Gasteiger partial charge in [0.2, 0.25) is 0 Å². The quantitative estimate of drug-likeness (QED) is 0.782. The lowest BCUT2D eigenvalue weighted by molar-refractivity contribution is 0.414. The number of aromatic nitrogens is 1. The van der Waals surface area contributed by atoms with Crippen molar-refractivity contribution in [3.63, 3.8) is 0 Å². The summed E-state index contributed by atoms with van der Waals surface area (Å²) in [4.78, 5) is 16.1. The summed E-state index contributed by atoms with van der Waals surface area (Å²) >= 11 is 0. The Labute approximate surface area is 122 Å². The molecule has 0 bridgehead atoms. The molecule has 0 saturated heterocycles. The Balaban J connectivity index is 2.01. The maximum atomic E-state index is 12.2. The normalized spacial score (nSPS) is 15.8. The molecule has 0 saturated carbocycles. The average molecular weight is 284 g/mol. The molecule has 108 valence electrons. The van der Waals surface area contributed by atoms with Crippen molar-refractivity contribution in [3.8, 4) is 5.75 Å². The predicted octanol–water partition coefficient (Wildman–Crippen LogP) is 1.12. The van der Waals surface area contributed by atoms with Gasteiger partial charge >= 0.3 is 0 Å². The van der Waals surface area contributed by atoms with E-state index in [1.165, 1.54) is 6.20 Å². The van der Waals surface area contributed by atoms with Crippen LogP contribution in [-0.4, -0.2) is 18.4 Å². The number of anilines is 2. The molecule has 4 N–H and O–H groups in total. The van der Waals surface area contributed by atoms with E-state index in [-0.39, 0.29) is 5.56 Å². The summed E-state index contributed by atoms with van der Waals surface area (Å²) in [5.41, 5.74) is 8.68. The van der Waals surface area contributed by atoms with Crippen molar-refractivity contribution in [2.24, 2.45) is 5.73 Å². The van der Waals surface area contributed by atoms with E-state index < -0.39 is 6.29 Å². The lowest BCUT2D eigenvalue weighted by Crippen LogP contribution is -2.32. The third-order valence-electron chi connectivity index (χ3n) is 3.41. The highest BCUT2D eigenvalue weighted by Crippen LogP contribution is 2.29.